The highest BCUT2D eigenvalue weighted by molar-refractivity contribution is 7.99. The van der Waals surface area contributed by atoms with E-state index in [1.807, 2.05) is 59.0 Å². The van der Waals surface area contributed by atoms with Crippen LogP contribution in [0.5, 0.6) is 5.75 Å². The molecule has 0 saturated heterocycles. The number of fused-ring (bicyclic) bond motifs is 1. The lowest BCUT2D eigenvalue weighted by molar-refractivity contribution is -0.116. The molecule has 0 spiro atoms. The van der Waals surface area contributed by atoms with Gasteiger partial charge in [-0.15, -0.1) is 10.2 Å². The van der Waals surface area contributed by atoms with Gasteiger partial charge >= 0.3 is 0 Å². The molecule has 0 unspecified atom stereocenters. The van der Waals surface area contributed by atoms with Crippen molar-refractivity contribution in [2.75, 3.05) is 17.8 Å². The number of aromatic nitrogens is 3. The Hall–Kier alpha value is -2.80. The molecule has 1 aliphatic rings. The highest BCUT2D eigenvalue weighted by Gasteiger charge is 2.30. The minimum Gasteiger partial charge on any atom is -0.497 e. The van der Waals surface area contributed by atoms with Crippen LogP contribution in [0.2, 0.25) is 0 Å². The molecule has 0 aliphatic carbocycles. The van der Waals surface area contributed by atoms with Gasteiger partial charge in [-0.1, -0.05) is 30.0 Å². The minimum atomic E-state index is 0.0939. The zero-order chi connectivity index (χ0) is 19.7. The fourth-order valence-corrected chi connectivity index (χ4v) is 4.34. The van der Waals surface area contributed by atoms with Crippen molar-refractivity contribution in [3.63, 3.8) is 0 Å². The Labute approximate surface area is 168 Å². The summed E-state index contributed by atoms with van der Waals surface area (Å²) in [5, 5.41) is 9.29. The third-order valence-corrected chi connectivity index (χ3v) is 5.99. The van der Waals surface area contributed by atoms with Crippen LogP contribution in [0.25, 0.3) is 11.4 Å². The SMILES string of the molecule is COc1ccc(-c2nnc(SCC(=O)N3c4ccccc4C[C@@H]3C)n2C)cc1. The average molecular weight is 395 g/mol. The van der Waals surface area contributed by atoms with Crippen molar-refractivity contribution in [1.29, 1.82) is 0 Å². The number of ether oxygens (including phenoxy) is 1. The lowest BCUT2D eigenvalue weighted by atomic mass is 10.1. The summed E-state index contributed by atoms with van der Waals surface area (Å²) < 4.78 is 7.12. The molecule has 0 saturated carbocycles. The van der Waals surface area contributed by atoms with Crippen molar-refractivity contribution >= 4 is 23.4 Å². The maximum Gasteiger partial charge on any atom is 0.237 e. The molecule has 1 amide bonds. The third-order valence-electron chi connectivity index (χ3n) is 4.98. The Balaban J connectivity index is 1.47. The van der Waals surface area contributed by atoms with Gasteiger partial charge in [0.15, 0.2) is 11.0 Å². The van der Waals surface area contributed by atoms with E-state index in [9.17, 15) is 4.79 Å². The highest BCUT2D eigenvalue weighted by atomic mass is 32.2. The van der Waals surface area contributed by atoms with E-state index in [2.05, 4.69) is 23.2 Å². The van der Waals surface area contributed by atoms with Gasteiger partial charge in [-0.05, 0) is 49.2 Å². The number of benzene rings is 2. The van der Waals surface area contributed by atoms with Crippen molar-refractivity contribution in [1.82, 2.24) is 14.8 Å². The van der Waals surface area contributed by atoms with Gasteiger partial charge < -0.3 is 14.2 Å². The standard InChI is InChI=1S/C21H22N4O2S/c1-14-12-16-6-4-5-7-18(16)25(14)19(26)13-28-21-23-22-20(24(21)2)15-8-10-17(27-3)11-9-15/h4-11,14H,12-13H2,1-3H3/t14-/m0/s1. The molecule has 7 heteroatoms. The Morgan fingerprint density at radius 3 is 2.68 bits per heavy atom. The number of hydrogen-bond acceptors (Lipinski definition) is 5. The molecule has 3 aromatic rings. The number of nitrogens with zero attached hydrogens (tertiary/aromatic N) is 4. The molecule has 0 N–H and O–H groups in total. The average Bonchev–Trinajstić information content (AvgIpc) is 3.25. The predicted molar refractivity (Wildman–Crippen MR) is 111 cm³/mol. The van der Waals surface area contributed by atoms with E-state index >= 15 is 0 Å². The van der Waals surface area contributed by atoms with Crippen LogP contribution in [0.15, 0.2) is 53.7 Å². The Morgan fingerprint density at radius 1 is 1.18 bits per heavy atom. The summed E-state index contributed by atoms with van der Waals surface area (Å²) in [4.78, 5) is 14.8. The lowest BCUT2D eigenvalue weighted by Crippen LogP contribution is -2.37. The second-order valence-electron chi connectivity index (χ2n) is 6.83. The van der Waals surface area contributed by atoms with Gasteiger partial charge in [0.05, 0.1) is 12.9 Å². The first-order valence-electron chi connectivity index (χ1n) is 9.15. The lowest BCUT2D eigenvalue weighted by Gasteiger charge is -2.22. The smallest absolute Gasteiger partial charge is 0.237 e. The van der Waals surface area contributed by atoms with Crippen LogP contribution in [0.4, 0.5) is 5.69 Å². The zero-order valence-electron chi connectivity index (χ0n) is 16.1. The summed E-state index contributed by atoms with van der Waals surface area (Å²) in [6.07, 6.45) is 0.901. The topological polar surface area (TPSA) is 60.3 Å². The van der Waals surface area contributed by atoms with E-state index in [0.717, 1.165) is 34.4 Å². The van der Waals surface area contributed by atoms with E-state index in [0.29, 0.717) is 5.75 Å². The van der Waals surface area contributed by atoms with E-state index in [-0.39, 0.29) is 11.9 Å². The largest absolute Gasteiger partial charge is 0.497 e. The van der Waals surface area contributed by atoms with Gasteiger partial charge in [-0.3, -0.25) is 4.79 Å². The Morgan fingerprint density at radius 2 is 1.93 bits per heavy atom. The number of para-hydroxylation sites is 1. The van der Waals surface area contributed by atoms with Crippen LogP contribution in [-0.4, -0.2) is 39.6 Å². The fourth-order valence-electron chi connectivity index (χ4n) is 3.57. The number of hydrogen-bond donors (Lipinski definition) is 0. The summed E-state index contributed by atoms with van der Waals surface area (Å²) in [6, 6.07) is 16.0. The highest BCUT2D eigenvalue weighted by Crippen LogP contribution is 2.33. The van der Waals surface area contributed by atoms with Gasteiger partial charge in [-0.25, -0.2) is 0 Å². The molecule has 0 fully saturated rings. The molecule has 4 rings (SSSR count). The summed E-state index contributed by atoms with van der Waals surface area (Å²) in [6.45, 7) is 2.09. The van der Waals surface area contributed by atoms with Gasteiger partial charge in [0.25, 0.3) is 0 Å². The molecule has 0 bridgehead atoms. The summed E-state index contributed by atoms with van der Waals surface area (Å²) in [7, 11) is 3.56. The second kappa shape index (κ2) is 7.67. The number of rotatable bonds is 5. The third kappa shape index (κ3) is 3.38. The molecule has 1 aromatic heterocycles. The van der Waals surface area contributed by atoms with Gasteiger partial charge in [-0.2, -0.15) is 0 Å². The maximum absolute atomic E-state index is 12.9. The molecule has 144 valence electrons. The van der Waals surface area contributed by atoms with E-state index < -0.39 is 0 Å². The molecule has 1 aliphatic heterocycles. The van der Waals surface area contributed by atoms with Crippen molar-refractivity contribution < 1.29 is 9.53 Å². The zero-order valence-corrected chi connectivity index (χ0v) is 16.9. The van der Waals surface area contributed by atoms with Gasteiger partial charge in [0.2, 0.25) is 5.91 Å². The quantitative estimate of drug-likeness (QED) is 0.619. The molecular weight excluding hydrogens is 372 g/mol. The van der Waals surface area contributed by atoms with Crippen LogP contribution in [0, 0.1) is 0 Å². The summed E-state index contributed by atoms with van der Waals surface area (Å²) in [5.74, 6) is 1.98. The molecule has 2 heterocycles. The molecule has 28 heavy (non-hydrogen) atoms. The number of carbonyl (C=O) groups is 1. The van der Waals surface area contributed by atoms with Crippen LogP contribution < -0.4 is 9.64 Å². The van der Waals surface area contributed by atoms with Gasteiger partial charge in [0, 0.05) is 24.3 Å². The van der Waals surface area contributed by atoms with Crippen LogP contribution in [0.3, 0.4) is 0 Å². The monoisotopic (exact) mass is 394 g/mol. The molecule has 6 nitrogen and oxygen atoms in total. The number of carbonyl (C=O) groups excluding carboxylic acids is 1. The Bertz CT molecular complexity index is 1000. The second-order valence-corrected chi connectivity index (χ2v) is 7.77. The van der Waals surface area contributed by atoms with E-state index in [4.69, 9.17) is 4.74 Å². The Kier molecular flexibility index (Phi) is 5.09. The molecule has 1 atom stereocenters. The number of anilines is 1. The van der Waals surface area contributed by atoms with E-state index in [1.54, 1.807) is 7.11 Å². The summed E-state index contributed by atoms with van der Waals surface area (Å²) >= 11 is 1.42. The number of amides is 1. The molecular formula is C21H22N4O2S. The number of thioether (sulfide) groups is 1. The fraction of sp³-hybridized carbons (Fsp3) is 0.286. The van der Waals surface area contributed by atoms with Crippen molar-refractivity contribution in [3.8, 4) is 17.1 Å². The van der Waals surface area contributed by atoms with Crippen LogP contribution in [-0.2, 0) is 18.3 Å². The summed E-state index contributed by atoms with van der Waals surface area (Å²) in [5.41, 5.74) is 3.21. The van der Waals surface area contributed by atoms with Crippen LogP contribution >= 0.6 is 11.8 Å². The first-order valence-corrected chi connectivity index (χ1v) is 10.1. The van der Waals surface area contributed by atoms with E-state index in [1.165, 1.54) is 17.3 Å². The molecule has 0 radical (unpaired) electrons. The van der Waals surface area contributed by atoms with Gasteiger partial charge in [0.1, 0.15) is 5.75 Å². The minimum absolute atomic E-state index is 0.0939. The van der Waals surface area contributed by atoms with Crippen LogP contribution in [0.1, 0.15) is 12.5 Å². The van der Waals surface area contributed by atoms with Crippen molar-refractivity contribution in [2.45, 2.75) is 24.5 Å². The van der Waals surface area contributed by atoms with Crippen molar-refractivity contribution in [3.05, 3.63) is 54.1 Å². The number of methoxy groups -OCH3 is 1. The first-order chi connectivity index (χ1) is 13.6. The maximum atomic E-state index is 12.9. The predicted octanol–water partition coefficient (Wildman–Crippen LogP) is 3.56. The van der Waals surface area contributed by atoms with Crippen molar-refractivity contribution in [2.24, 2.45) is 7.05 Å². The molecule has 2 aromatic carbocycles. The normalized spacial score (nSPS) is 15.5. The first kappa shape index (κ1) is 18.6.